The summed E-state index contributed by atoms with van der Waals surface area (Å²) in [4.78, 5) is 28.3. The summed E-state index contributed by atoms with van der Waals surface area (Å²) in [6.45, 7) is 4.09. The van der Waals surface area contributed by atoms with Gasteiger partial charge in [0.15, 0.2) is 5.16 Å². The molecular weight excluding hydrogens is 372 g/mol. The van der Waals surface area contributed by atoms with Crippen molar-refractivity contribution in [2.24, 2.45) is 0 Å². The molecule has 0 atom stereocenters. The molecule has 1 heterocycles. The fourth-order valence-corrected chi connectivity index (χ4v) is 3.59. The van der Waals surface area contributed by atoms with Gasteiger partial charge in [-0.2, -0.15) is 0 Å². The third-order valence-electron chi connectivity index (χ3n) is 3.97. The number of hydrogen-bond acceptors (Lipinski definition) is 4. The number of nitrogens with one attached hydrogen (secondary N) is 2. The van der Waals surface area contributed by atoms with Gasteiger partial charge in [0.2, 0.25) is 11.8 Å². The van der Waals surface area contributed by atoms with Gasteiger partial charge < -0.3 is 0 Å². The summed E-state index contributed by atoms with van der Waals surface area (Å²) in [5.74, 6) is -0.407. The predicted molar refractivity (Wildman–Crippen MR) is 110 cm³/mol. The van der Waals surface area contributed by atoms with Crippen LogP contribution < -0.4 is 10.9 Å². The average molecular weight is 395 g/mol. The van der Waals surface area contributed by atoms with E-state index in [1.165, 1.54) is 22.9 Å². The molecule has 144 valence electrons. The summed E-state index contributed by atoms with van der Waals surface area (Å²) in [7, 11) is 0. The van der Waals surface area contributed by atoms with E-state index in [1.807, 2.05) is 54.9 Å². The van der Waals surface area contributed by atoms with Crippen molar-refractivity contribution in [3.05, 3.63) is 77.6 Å². The minimum absolute atomic E-state index is 0.146. The number of rotatable bonds is 6. The normalized spacial score (nSPS) is 10.5. The van der Waals surface area contributed by atoms with Crippen LogP contribution in [0.25, 0.3) is 5.69 Å². The second-order valence-electron chi connectivity index (χ2n) is 6.47. The maximum atomic E-state index is 12.1. The molecule has 0 saturated heterocycles. The van der Waals surface area contributed by atoms with E-state index in [0.717, 1.165) is 16.4 Å². The molecule has 3 aromatic rings. The standard InChI is InChI=1S/C21H22N4O2S/c1-15-10-16(2)12-18(11-15)25-9-8-22-21(25)28-14-20(27)24-23-19(26)13-17-6-4-3-5-7-17/h3-12H,13-14H2,1-2H3,(H,23,26)(H,24,27). The van der Waals surface area contributed by atoms with E-state index in [9.17, 15) is 9.59 Å². The van der Waals surface area contributed by atoms with Crippen LogP contribution in [0.5, 0.6) is 0 Å². The smallest absolute Gasteiger partial charge is 0.248 e. The van der Waals surface area contributed by atoms with Crippen LogP contribution in [0.3, 0.4) is 0 Å². The first-order valence-electron chi connectivity index (χ1n) is 8.87. The lowest BCUT2D eigenvalue weighted by Crippen LogP contribution is -2.43. The fourth-order valence-electron chi connectivity index (χ4n) is 2.81. The van der Waals surface area contributed by atoms with E-state index in [2.05, 4.69) is 34.0 Å². The molecule has 0 aliphatic rings. The number of hydrazine groups is 1. The molecule has 0 bridgehead atoms. The minimum Gasteiger partial charge on any atom is -0.295 e. The number of benzene rings is 2. The van der Waals surface area contributed by atoms with E-state index in [4.69, 9.17) is 0 Å². The molecule has 0 aliphatic carbocycles. The number of thioether (sulfide) groups is 1. The Morgan fingerprint density at radius 3 is 2.39 bits per heavy atom. The van der Waals surface area contributed by atoms with Crippen LogP contribution in [0.4, 0.5) is 0 Å². The highest BCUT2D eigenvalue weighted by molar-refractivity contribution is 7.99. The van der Waals surface area contributed by atoms with Gasteiger partial charge >= 0.3 is 0 Å². The van der Waals surface area contributed by atoms with Crippen molar-refractivity contribution in [1.29, 1.82) is 0 Å². The molecule has 0 radical (unpaired) electrons. The topological polar surface area (TPSA) is 76.0 Å². The SMILES string of the molecule is Cc1cc(C)cc(-n2ccnc2SCC(=O)NNC(=O)Cc2ccccc2)c1. The maximum Gasteiger partial charge on any atom is 0.248 e. The minimum atomic E-state index is -0.290. The molecule has 1 aromatic heterocycles. The summed E-state index contributed by atoms with van der Waals surface area (Å²) in [6.07, 6.45) is 3.79. The van der Waals surface area contributed by atoms with E-state index < -0.39 is 0 Å². The molecule has 0 fully saturated rings. The summed E-state index contributed by atoms with van der Waals surface area (Å²) < 4.78 is 1.95. The van der Waals surface area contributed by atoms with Gasteiger partial charge in [0.1, 0.15) is 0 Å². The Bertz CT molecular complexity index is 949. The van der Waals surface area contributed by atoms with Gasteiger partial charge in [-0.15, -0.1) is 0 Å². The number of aryl methyl sites for hydroxylation is 2. The van der Waals surface area contributed by atoms with Crippen LogP contribution >= 0.6 is 11.8 Å². The average Bonchev–Trinajstić information content (AvgIpc) is 3.13. The lowest BCUT2D eigenvalue weighted by atomic mass is 10.1. The maximum absolute atomic E-state index is 12.1. The van der Waals surface area contributed by atoms with E-state index in [1.54, 1.807) is 6.20 Å². The largest absolute Gasteiger partial charge is 0.295 e. The molecular formula is C21H22N4O2S. The van der Waals surface area contributed by atoms with Gasteiger partial charge in [0, 0.05) is 18.1 Å². The summed E-state index contributed by atoms with van der Waals surface area (Å²) in [5.41, 5.74) is 9.12. The van der Waals surface area contributed by atoms with Crippen LogP contribution in [-0.2, 0) is 16.0 Å². The third kappa shape index (κ3) is 5.47. The summed E-state index contributed by atoms with van der Waals surface area (Å²) in [5, 5.41) is 0.718. The van der Waals surface area contributed by atoms with Gasteiger partial charge in [-0.05, 0) is 42.7 Å². The lowest BCUT2D eigenvalue weighted by Gasteiger charge is -2.10. The third-order valence-corrected chi connectivity index (χ3v) is 4.94. The monoisotopic (exact) mass is 394 g/mol. The molecule has 2 aromatic carbocycles. The quantitative estimate of drug-likeness (QED) is 0.498. The van der Waals surface area contributed by atoms with Crippen molar-refractivity contribution in [3.63, 3.8) is 0 Å². The Kier molecular flexibility index (Phi) is 6.49. The number of imidazole rings is 1. The Morgan fingerprint density at radius 1 is 1.00 bits per heavy atom. The van der Waals surface area contributed by atoms with E-state index >= 15 is 0 Å². The first-order valence-corrected chi connectivity index (χ1v) is 9.86. The number of amides is 2. The number of carbonyl (C=O) groups excluding carboxylic acids is 2. The molecule has 2 amide bonds. The Hall–Kier alpha value is -3.06. The van der Waals surface area contributed by atoms with E-state index in [0.29, 0.717) is 0 Å². The van der Waals surface area contributed by atoms with Crippen molar-refractivity contribution in [1.82, 2.24) is 20.4 Å². The molecule has 3 rings (SSSR count). The number of nitrogens with zero attached hydrogens (tertiary/aromatic N) is 2. The second-order valence-corrected chi connectivity index (χ2v) is 7.42. The zero-order chi connectivity index (χ0) is 19.9. The highest BCUT2D eigenvalue weighted by atomic mass is 32.2. The van der Waals surface area contributed by atoms with Crippen LogP contribution in [0.15, 0.2) is 66.1 Å². The first kappa shape index (κ1) is 19.7. The van der Waals surface area contributed by atoms with Gasteiger partial charge in [0.25, 0.3) is 0 Å². The number of aromatic nitrogens is 2. The molecule has 0 unspecified atom stereocenters. The molecule has 7 heteroatoms. The lowest BCUT2D eigenvalue weighted by molar-refractivity contribution is -0.127. The molecule has 2 N–H and O–H groups in total. The van der Waals surface area contributed by atoms with Gasteiger partial charge in [-0.25, -0.2) is 4.98 Å². The van der Waals surface area contributed by atoms with Crippen LogP contribution in [-0.4, -0.2) is 27.1 Å². The summed E-state index contributed by atoms with van der Waals surface area (Å²) >= 11 is 1.31. The predicted octanol–water partition coefficient (Wildman–Crippen LogP) is 2.97. The summed E-state index contributed by atoms with van der Waals surface area (Å²) in [6, 6.07) is 15.6. The highest BCUT2D eigenvalue weighted by Crippen LogP contribution is 2.22. The van der Waals surface area contributed by atoms with Gasteiger partial charge in [-0.3, -0.25) is 25.0 Å². The molecule has 28 heavy (non-hydrogen) atoms. The van der Waals surface area contributed by atoms with Gasteiger partial charge in [0.05, 0.1) is 12.2 Å². The molecule has 6 nitrogen and oxygen atoms in total. The van der Waals surface area contributed by atoms with Crippen molar-refractivity contribution in [2.75, 3.05) is 5.75 Å². The molecule has 0 saturated carbocycles. The second kappa shape index (κ2) is 9.23. The highest BCUT2D eigenvalue weighted by Gasteiger charge is 2.11. The van der Waals surface area contributed by atoms with Crippen molar-refractivity contribution >= 4 is 23.6 Å². The van der Waals surface area contributed by atoms with Crippen molar-refractivity contribution in [2.45, 2.75) is 25.4 Å². The van der Waals surface area contributed by atoms with E-state index in [-0.39, 0.29) is 24.0 Å². The van der Waals surface area contributed by atoms with Gasteiger partial charge in [-0.1, -0.05) is 48.2 Å². The van der Waals surface area contributed by atoms with Crippen LogP contribution in [0.1, 0.15) is 16.7 Å². The first-order chi connectivity index (χ1) is 13.5. The fraction of sp³-hybridized carbons (Fsp3) is 0.190. The molecule has 0 aliphatic heterocycles. The zero-order valence-electron chi connectivity index (χ0n) is 15.8. The number of carbonyl (C=O) groups is 2. The molecule has 0 spiro atoms. The van der Waals surface area contributed by atoms with Crippen molar-refractivity contribution < 1.29 is 9.59 Å². The zero-order valence-corrected chi connectivity index (χ0v) is 16.6. The Morgan fingerprint density at radius 2 is 1.68 bits per heavy atom. The van der Waals surface area contributed by atoms with Crippen LogP contribution in [0.2, 0.25) is 0 Å². The van der Waals surface area contributed by atoms with Crippen molar-refractivity contribution in [3.8, 4) is 5.69 Å². The Labute approximate surface area is 168 Å². The Balaban J connectivity index is 1.51. The van der Waals surface area contributed by atoms with Crippen LogP contribution in [0, 0.1) is 13.8 Å². The number of hydrogen-bond donors (Lipinski definition) is 2.